The third-order valence-corrected chi connectivity index (χ3v) is 8.52. The first-order valence-electron chi connectivity index (χ1n) is 13.2. The molecule has 2 aliphatic carbocycles. The van der Waals surface area contributed by atoms with Gasteiger partial charge in [-0.3, -0.25) is 23.3 Å². The number of aromatic nitrogens is 7. The summed E-state index contributed by atoms with van der Waals surface area (Å²) in [7, 11) is -1.09. The summed E-state index contributed by atoms with van der Waals surface area (Å²) in [6.07, 6.45) is 8.56. The number of ketones is 1. The zero-order valence-electron chi connectivity index (χ0n) is 21.8. The summed E-state index contributed by atoms with van der Waals surface area (Å²) in [4.78, 5) is 54.4. The second kappa shape index (κ2) is 10.3. The average molecular weight is 545 g/mol. The number of nitrogens with zero attached hydrogens (tertiary/aromatic N) is 7. The van der Waals surface area contributed by atoms with Crippen molar-refractivity contribution in [1.82, 2.24) is 34.5 Å². The molecule has 6 rings (SSSR count). The van der Waals surface area contributed by atoms with Gasteiger partial charge in [-0.25, -0.2) is 24.9 Å². The largest absolute Gasteiger partial charge is 0.360 e. The molecule has 12 heteroatoms. The lowest BCUT2D eigenvalue weighted by Gasteiger charge is -2.17. The van der Waals surface area contributed by atoms with Gasteiger partial charge in [0, 0.05) is 24.3 Å². The minimum absolute atomic E-state index is 0.00906. The normalized spacial score (nSPS) is 18.0. The lowest BCUT2D eigenvalue weighted by molar-refractivity contribution is -0.120. The van der Waals surface area contributed by atoms with Crippen LogP contribution in [-0.2, 0) is 22.1 Å². The van der Waals surface area contributed by atoms with E-state index in [0.29, 0.717) is 58.5 Å². The fourth-order valence-corrected chi connectivity index (χ4v) is 5.75. The molecule has 0 aromatic carbocycles. The number of hydrogen-bond donors (Lipinski definition) is 1. The molecular formula is C27H28N8O3S. The van der Waals surface area contributed by atoms with E-state index < -0.39 is 22.4 Å². The summed E-state index contributed by atoms with van der Waals surface area (Å²) in [5.41, 5.74) is 3.44. The number of rotatable bonds is 8. The number of aryl methyl sites for hydroxylation is 1. The molecule has 2 aliphatic rings. The van der Waals surface area contributed by atoms with Crippen LogP contribution in [0.1, 0.15) is 68.1 Å². The van der Waals surface area contributed by atoms with Crippen molar-refractivity contribution in [3.05, 3.63) is 58.3 Å². The summed E-state index contributed by atoms with van der Waals surface area (Å²) < 4.78 is 13.5. The Morgan fingerprint density at radius 3 is 2.59 bits per heavy atom. The van der Waals surface area contributed by atoms with E-state index in [1.54, 1.807) is 30.9 Å². The number of anilines is 1. The Balaban J connectivity index is 1.41. The minimum atomic E-state index is -1.09. The smallest absolute Gasteiger partial charge is 0.295 e. The van der Waals surface area contributed by atoms with Gasteiger partial charge in [0.05, 0.1) is 57.1 Å². The third kappa shape index (κ3) is 4.84. The molecule has 4 aromatic heterocycles. The molecular weight excluding hydrogens is 516 g/mol. The number of Topliss-reactive ketones (excluding diaryl/α,β-unsaturated/α-hetero) is 1. The monoisotopic (exact) mass is 544 g/mol. The van der Waals surface area contributed by atoms with Crippen molar-refractivity contribution in [2.45, 2.75) is 69.4 Å². The second-order valence-corrected chi connectivity index (χ2v) is 11.6. The predicted octanol–water partition coefficient (Wildman–Crippen LogP) is 3.26. The first kappa shape index (κ1) is 25.4. The van der Waals surface area contributed by atoms with Gasteiger partial charge >= 0.3 is 0 Å². The van der Waals surface area contributed by atoms with Gasteiger partial charge in [0.15, 0.2) is 23.1 Å². The number of pyridine rings is 1. The molecule has 4 heterocycles. The molecule has 0 aliphatic heterocycles. The molecule has 0 saturated heterocycles. The molecule has 0 radical (unpaired) electrons. The highest BCUT2D eigenvalue weighted by molar-refractivity contribution is 7.85. The summed E-state index contributed by atoms with van der Waals surface area (Å²) in [5, 5.41) is 3.08. The molecule has 39 heavy (non-hydrogen) atoms. The van der Waals surface area contributed by atoms with E-state index >= 15 is 0 Å². The van der Waals surface area contributed by atoms with Crippen LogP contribution >= 0.6 is 0 Å². The molecule has 0 amide bonds. The summed E-state index contributed by atoms with van der Waals surface area (Å²) in [6.45, 7) is 3.98. The van der Waals surface area contributed by atoms with Crippen molar-refractivity contribution in [2.24, 2.45) is 0 Å². The van der Waals surface area contributed by atoms with Crippen LogP contribution in [0.25, 0.3) is 22.6 Å². The maximum absolute atomic E-state index is 13.8. The molecule has 2 fully saturated rings. The number of carbonyl (C=O) groups is 1. The quantitative estimate of drug-likeness (QED) is 0.351. The van der Waals surface area contributed by atoms with E-state index in [0.717, 1.165) is 29.8 Å². The molecule has 0 bridgehead atoms. The minimum Gasteiger partial charge on any atom is -0.360 e. The Labute approximate surface area is 227 Å². The number of fused-ring (bicyclic) bond motifs is 1. The highest BCUT2D eigenvalue weighted by atomic mass is 32.2. The van der Waals surface area contributed by atoms with Crippen LogP contribution in [0.4, 0.5) is 5.82 Å². The van der Waals surface area contributed by atoms with Gasteiger partial charge in [-0.05, 0) is 44.7 Å². The first-order valence-corrected chi connectivity index (χ1v) is 14.5. The second-order valence-electron chi connectivity index (χ2n) is 9.88. The number of hydrogen-bond acceptors (Lipinski definition) is 10. The van der Waals surface area contributed by atoms with E-state index in [1.165, 1.54) is 4.57 Å². The fraction of sp³-hybridized carbons (Fsp3) is 0.407. The van der Waals surface area contributed by atoms with Crippen LogP contribution in [0.5, 0.6) is 0 Å². The molecule has 1 N–H and O–H groups in total. The first-order chi connectivity index (χ1) is 18.9. The van der Waals surface area contributed by atoms with Gasteiger partial charge in [-0.15, -0.1) is 0 Å². The molecule has 11 nitrogen and oxygen atoms in total. The van der Waals surface area contributed by atoms with E-state index in [9.17, 15) is 13.8 Å². The SMILES string of the molecule is CCS(=O)c1ccc(CNc2nc3cnc(-c4c(C)ncnc4C4CC4)nc3n(C3CCCC3=O)c2=O)nc1. The van der Waals surface area contributed by atoms with Crippen LogP contribution in [-0.4, -0.2) is 50.2 Å². The van der Waals surface area contributed by atoms with Crippen LogP contribution in [0.15, 0.2) is 40.5 Å². The van der Waals surface area contributed by atoms with E-state index in [-0.39, 0.29) is 18.1 Å². The summed E-state index contributed by atoms with van der Waals surface area (Å²) >= 11 is 0. The molecule has 4 aromatic rings. The highest BCUT2D eigenvalue weighted by Gasteiger charge is 2.32. The van der Waals surface area contributed by atoms with Crippen LogP contribution in [0, 0.1) is 6.92 Å². The van der Waals surface area contributed by atoms with Gasteiger partial charge in [0.1, 0.15) is 11.8 Å². The van der Waals surface area contributed by atoms with Gasteiger partial charge in [-0.2, -0.15) is 0 Å². The van der Waals surface area contributed by atoms with Crippen molar-refractivity contribution in [2.75, 3.05) is 11.1 Å². The predicted molar refractivity (Wildman–Crippen MR) is 146 cm³/mol. The van der Waals surface area contributed by atoms with Gasteiger partial charge in [0.2, 0.25) is 0 Å². The number of carbonyl (C=O) groups excluding carboxylic acids is 1. The van der Waals surface area contributed by atoms with Gasteiger partial charge < -0.3 is 5.32 Å². The van der Waals surface area contributed by atoms with Gasteiger partial charge in [0.25, 0.3) is 5.56 Å². The zero-order valence-corrected chi connectivity index (χ0v) is 22.6. The lowest BCUT2D eigenvalue weighted by Crippen LogP contribution is -2.31. The van der Waals surface area contributed by atoms with Crippen molar-refractivity contribution < 1.29 is 9.00 Å². The molecule has 2 atom stereocenters. The lowest BCUT2D eigenvalue weighted by atomic mass is 10.1. The third-order valence-electron chi connectivity index (χ3n) is 7.23. The van der Waals surface area contributed by atoms with Gasteiger partial charge in [-0.1, -0.05) is 6.92 Å². The Morgan fingerprint density at radius 2 is 1.90 bits per heavy atom. The molecule has 200 valence electrons. The number of nitrogens with one attached hydrogen (secondary N) is 1. The molecule has 2 saturated carbocycles. The van der Waals surface area contributed by atoms with Crippen LogP contribution in [0.3, 0.4) is 0 Å². The standard InChI is InChI=1S/C27H28N8O3S/c1-3-39(38)18-10-9-17(28-12-18)11-29-25-27(37)35(20-5-4-6-21(20)36)26-19(33-25)13-30-24(34-26)22-15(2)31-14-32-23(22)16-7-8-16/h9-10,12-14,16,20H,3-8,11H2,1-2H3,(H,29,33). The summed E-state index contributed by atoms with van der Waals surface area (Å²) in [5.74, 6) is 1.41. The maximum Gasteiger partial charge on any atom is 0.295 e. The Bertz CT molecular complexity index is 1670. The van der Waals surface area contributed by atoms with Crippen LogP contribution in [0.2, 0.25) is 0 Å². The topological polar surface area (TPSA) is 146 Å². The highest BCUT2D eigenvalue weighted by Crippen LogP contribution is 2.43. The molecule has 0 spiro atoms. The van der Waals surface area contributed by atoms with E-state index in [4.69, 9.17) is 4.98 Å². The molecule has 2 unspecified atom stereocenters. The summed E-state index contributed by atoms with van der Waals surface area (Å²) in [6, 6.07) is 2.93. The average Bonchev–Trinajstić information content (AvgIpc) is 3.72. The van der Waals surface area contributed by atoms with Crippen molar-refractivity contribution in [3.8, 4) is 11.4 Å². The fourth-order valence-electron chi connectivity index (χ4n) is 5.02. The Morgan fingerprint density at radius 1 is 1.05 bits per heavy atom. The van der Waals surface area contributed by atoms with E-state index in [2.05, 4.69) is 30.2 Å². The van der Waals surface area contributed by atoms with E-state index in [1.807, 2.05) is 13.8 Å². The maximum atomic E-state index is 13.8. The van der Waals surface area contributed by atoms with Crippen molar-refractivity contribution in [1.29, 1.82) is 0 Å². The Hall–Kier alpha value is -3.93. The van der Waals surface area contributed by atoms with Crippen LogP contribution < -0.4 is 10.9 Å². The van der Waals surface area contributed by atoms with Crippen molar-refractivity contribution in [3.63, 3.8) is 0 Å². The van der Waals surface area contributed by atoms with Crippen molar-refractivity contribution >= 4 is 33.6 Å². The zero-order chi connectivity index (χ0) is 27.1. The Kier molecular flexibility index (Phi) is 6.71.